The van der Waals surface area contributed by atoms with Crippen molar-refractivity contribution in [3.63, 3.8) is 0 Å². The molecule has 0 radical (unpaired) electrons. The molecule has 2 aromatic rings. The Balaban J connectivity index is 2.18. The number of amides is 2. The van der Waals surface area contributed by atoms with E-state index < -0.39 is 5.91 Å². The number of hydrogen-bond acceptors (Lipinski definition) is 5. The van der Waals surface area contributed by atoms with Gasteiger partial charge in [0.15, 0.2) is 0 Å². The summed E-state index contributed by atoms with van der Waals surface area (Å²) in [5, 5.41) is 15.0. The molecule has 2 rings (SSSR count). The van der Waals surface area contributed by atoms with Gasteiger partial charge in [-0.3, -0.25) is 19.2 Å². The van der Waals surface area contributed by atoms with Crippen molar-refractivity contribution in [3.05, 3.63) is 35.7 Å². The molecule has 2 heterocycles. The number of hydrogen-bond donors (Lipinski definition) is 4. The van der Waals surface area contributed by atoms with E-state index in [2.05, 4.69) is 17.6 Å². The third-order valence-corrected chi connectivity index (χ3v) is 4.69. The van der Waals surface area contributed by atoms with Gasteiger partial charge in [-0.15, -0.1) is 0 Å². The maximum atomic E-state index is 12.1. The number of rotatable bonds is 11. The maximum Gasteiger partial charge on any atom is 0.267 e. The molecule has 0 atom stereocenters. The second kappa shape index (κ2) is 11.5. The van der Waals surface area contributed by atoms with E-state index >= 15 is 0 Å². The molecule has 0 spiro atoms. The van der Waals surface area contributed by atoms with Gasteiger partial charge in [-0.05, 0) is 57.4 Å². The van der Waals surface area contributed by atoms with E-state index in [0.29, 0.717) is 13.0 Å². The number of nitrogens with one attached hydrogen (secondary N) is 3. The highest BCUT2D eigenvalue weighted by atomic mass is 16.5. The predicted molar refractivity (Wildman–Crippen MR) is 123 cm³/mol. The Labute approximate surface area is 184 Å². The maximum absolute atomic E-state index is 12.1. The van der Waals surface area contributed by atoms with Crippen molar-refractivity contribution in [2.75, 3.05) is 11.9 Å². The molecule has 0 saturated carbocycles. The molecule has 8 nitrogen and oxygen atoms in total. The number of carbonyl (C=O) groups is 2. The van der Waals surface area contributed by atoms with Crippen LogP contribution in [0.15, 0.2) is 24.4 Å². The van der Waals surface area contributed by atoms with Crippen molar-refractivity contribution in [1.82, 2.24) is 20.2 Å². The topological polar surface area (TPSA) is 108 Å². The molecule has 4 N–H and O–H groups in total. The standard InChI is InChI=1S/C23H35N5O3/c1-5-6-7-8-9-18-22(24-14-12-20(29)26-23(2,3)4)28-15-13-17(16-19(28)25-18)10-11-21(30)27-31/h10-11,13,15-16,24,31H,5-9,12,14H2,1-4H3,(H,26,29)(H,27,30)/b11-10+. The quantitative estimate of drug-likeness (QED) is 0.189. The third-order valence-electron chi connectivity index (χ3n) is 4.69. The van der Waals surface area contributed by atoms with Gasteiger partial charge in [0.1, 0.15) is 11.5 Å². The molecule has 8 heteroatoms. The number of imidazole rings is 1. The van der Waals surface area contributed by atoms with E-state index in [0.717, 1.165) is 42.0 Å². The van der Waals surface area contributed by atoms with Crippen molar-refractivity contribution < 1.29 is 14.8 Å². The molecule has 0 saturated heterocycles. The highest BCUT2D eigenvalue weighted by Crippen LogP contribution is 2.22. The minimum atomic E-state index is -0.587. The van der Waals surface area contributed by atoms with Crippen LogP contribution in [0.5, 0.6) is 0 Å². The van der Waals surface area contributed by atoms with Crippen LogP contribution in [0.25, 0.3) is 11.7 Å². The lowest BCUT2D eigenvalue weighted by atomic mass is 10.1. The number of fused-ring (bicyclic) bond motifs is 1. The highest BCUT2D eigenvalue weighted by molar-refractivity contribution is 5.91. The average molecular weight is 430 g/mol. The summed E-state index contributed by atoms with van der Waals surface area (Å²) in [7, 11) is 0. The van der Waals surface area contributed by atoms with E-state index in [9.17, 15) is 9.59 Å². The lowest BCUT2D eigenvalue weighted by Crippen LogP contribution is -2.41. The summed E-state index contributed by atoms with van der Waals surface area (Å²) >= 11 is 0. The monoisotopic (exact) mass is 429 g/mol. The second-order valence-electron chi connectivity index (χ2n) is 8.69. The van der Waals surface area contributed by atoms with Crippen LogP contribution in [0.1, 0.15) is 71.1 Å². The molecule has 0 aliphatic heterocycles. The van der Waals surface area contributed by atoms with E-state index in [1.54, 1.807) is 11.6 Å². The fourth-order valence-corrected chi connectivity index (χ4v) is 3.28. The van der Waals surface area contributed by atoms with Crippen molar-refractivity contribution in [1.29, 1.82) is 0 Å². The molecule has 0 aromatic carbocycles. The summed E-state index contributed by atoms with van der Waals surface area (Å²) in [6.07, 6.45) is 10.6. The third kappa shape index (κ3) is 8.05. The largest absolute Gasteiger partial charge is 0.369 e. The molecule has 0 aliphatic carbocycles. The van der Waals surface area contributed by atoms with Crippen molar-refractivity contribution >= 4 is 29.4 Å². The molecule has 170 valence electrons. The Bertz CT molecular complexity index is 912. The summed E-state index contributed by atoms with van der Waals surface area (Å²) in [5.41, 5.74) is 3.86. The Hall–Kier alpha value is -2.87. The first kappa shape index (κ1) is 24.4. The Kier molecular flexibility index (Phi) is 9.05. The zero-order chi connectivity index (χ0) is 22.9. The summed E-state index contributed by atoms with van der Waals surface area (Å²) in [6, 6.07) is 3.75. The van der Waals surface area contributed by atoms with Gasteiger partial charge in [0, 0.05) is 30.8 Å². The van der Waals surface area contributed by atoms with E-state index in [1.807, 2.05) is 43.5 Å². The zero-order valence-corrected chi connectivity index (χ0v) is 19.0. The number of anilines is 1. The number of pyridine rings is 1. The number of aromatic nitrogens is 2. The number of nitrogens with zero attached hydrogens (tertiary/aromatic N) is 2. The van der Waals surface area contributed by atoms with Crippen molar-refractivity contribution in [2.24, 2.45) is 0 Å². The number of unbranched alkanes of at least 4 members (excludes halogenated alkanes) is 3. The zero-order valence-electron chi connectivity index (χ0n) is 19.0. The molecule has 2 amide bonds. The Morgan fingerprint density at radius 3 is 2.68 bits per heavy atom. The van der Waals surface area contributed by atoms with E-state index in [4.69, 9.17) is 10.2 Å². The molecule has 0 aliphatic rings. The van der Waals surface area contributed by atoms with E-state index in [1.165, 1.54) is 18.9 Å². The van der Waals surface area contributed by atoms with Gasteiger partial charge in [0.05, 0.1) is 5.69 Å². The van der Waals surface area contributed by atoms with Gasteiger partial charge in [0.2, 0.25) is 5.91 Å². The number of aryl methyl sites for hydroxylation is 1. The number of carbonyl (C=O) groups excluding carboxylic acids is 2. The van der Waals surface area contributed by atoms with Gasteiger partial charge in [-0.2, -0.15) is 0 Å². The van der Waals surface area contributed by atoms with Crippen LogP contribution in [-0.4, -0.2) is 38.5 Å². The normalized spacial score (nSPS) is 11.8. The molecule has 2 aromatic heterocycles. The highest BCUT2D eigenvalue weighted by Gasteiger charge is 2.15. The van der Waals surface area contributed by atoms with E-state index in [-0.39, 0.29) is 11.4 Å². The smallest absolute Gasteiger partial charge is 0.267 e. The Morgan fingerprint density at radius 2 is 2.00 bits per heavy atom. The summed E-state index contributed by atoms with van der Waals surface area (Å²) < 4.78 is 1.97. The first-order valence-electron chi connectivity index (χ1n) is 10.9. The van der Waals surface area contributed by atoms with Crippen LogP contribution < -0.4 is 16.1 Å². The first-order valence-corrected chi connectivity index (χ1v) is 10.9. The van der Waals surface area contributed by atoms with Crippen LogP contribution in [0.2, 0.25) is 0 Å². The summed E-state index contributed by atoms with van der Waals surface area (Å²) in [5.74, 6) is 0.322. The molecular formula is C23H35N5O3. The van der Waals surface area contributed by atoms with Gasteiger partial charge in [-0.25, -0.2) is 10.5 Å². The molecule has 0 bridgehead atoms. The van der Waals surface area contributed by atoms with Gasteiger partial charge >= 0.3 is 0 Å². The SMILES string of the molecule is CCCCCCc1nc2cc(/C=C/C(=O)NO)ccn2c1NCCC(=O)NC(C)(C)C. The van der Waals surface area contributed by atoms with Crippen molar-refractivity contribution in [2.45, 2.75) is 71.8 Å². The minimum absolute atomic E-state index is 0.00731. The fourth-order valence-electron chi connectivity index (χ4n) is 3.28. The first-order chi connectivity index (χ1) is 14.7. The van der Waals surface area contributed by atoms with Crippen LogP contribution in [-0.2, 0) is 16.0 Å². The van der Waals surface area contributed by atoms with Gasteiger partial charge in [0.25, 0.3) is 5.91 Å². The average Bonchev–Trinajstić information content (AvgIpc) is 3.04. The lowest BCUT2D eigenvalue weighted by Gasteiger charge is -2.20. The summed E-state index contributed by atoms with van der Waals surface area (Å²) in [6.45, 7) is 8.59. The predicted octanol–water partition coefficient (Wildman–Crippen LogP) is 3.69. The molecule has 31 heavy (non-hydrogen) atoms. The fraction of sp³-hybridized carbons (Fsp3) is 0.522. The Morgan fingerprint density at radius 1 is 1.23 bits per heavy atom. The van der Waals surface area contributed by atoms with Gasteiger partial charge in [-0.1, -0.05) is 26.2 Å². The van der Waals surface area contributed by atoms with Crippen molar-refractivity contribution in [3.8, 4) is 0 Å². The van der Waals surface area contributed by atoms with Crippen LogP contribution >= 0.6 is 0 Å². The summed E-state index contributed by atoms with van der Waals surface area (Å²) in [4.78, 5) is 28.2. The second-order valence-corrected chi connectivity index (χ2v) is 8.69. The molecular weight excluding hydrogens is 394 g/mol. The van der Waals surface area contributed by atoms with Crippen LogP contribution in [0.4, 0.5) is 5.82 Å². The van der Waals surface area contributed by atoms with Gasteiger partial charge < -0.3 is 10.6 Å². The van der Waals surface area contributed by atoms with Crippen LogP contribution in [0.3, 0.4) is 0 Å². The van der Waals surface area contributed by atoms with Crippen LogP contribution in [0, 0.1) is 0 Å². The molecule has 0 unspecified atom stereocenters. The lowest BCUT2D eigenvalue weighted by molar-refractivity contribution is -0.124. The minimum Gasteiger partial charge on any atom is -0.369 e. The number of hydroxylamine groups is 1. The molecule has 0 fully saturated rings.